The van der Waals surface area contributed by atoms with Gasteiger partial charge in [-0.3, -0.25) is 4.79 Å². The molecule has 5 nitrogen and oxygen atoms in total. The fourth-order valence-corrected chi connectivity index (χ4v) is 0.752. The summed E-state index contributed by atoms with van der Waals surface area (Å²) >= 11 is 0. The molecule has 0 unspecified atom stereocenters. The van der Waals surface area contributed by atoms with Crippen LogP contribution in [0.4, 0.5) is 0 Å². The number of ether oxygens (including phenoxy) is 1. The molecule has 0 spiro atoms. The Kier molecular flexibility index (Phi) is 6.39. The van der Waals surface area contributed by atoms with E-state index in [1.54, 1.807) is 0 Å². The van der Waals surface area contributed by atoms with Gasteiger partial charge in [0.2, 0.25) is 5.91 Å². The summed E-state index contributed by atoms with van der Waals surface area (Å²) in [5, 5.41) is 0. The van der Waals surface area contributed by atoms with Crippen molar-refractivity contribution in [3.05, 3.63) is 12.2 Å². The summed E-state index contributed by atoms with van der Waals surface area (Å²) in [6, 6.07) is 0. The van der Waals surface area contributed by atoms with Gasteiger partial charge in [-0.2, -0.15) is 0 Å². The maximum absolute atomic E-state index is 10.9. The van der Waals surface area contributed by atoms with Gasteiger partial charge in [-0.05, 0) is 20.5 Å². The lowest BCUT2D eigenvalue weighted by Crippen LogP contribution is -2.16. The Balaban J connectivity index is 3.50. The highest BCUT2D eigenvalue weighted by molar-refractivity contribution is 5.93. The lowest BCUT2D eigenvalue weighted by atomic mass is 10.4. The summed E-state index contributed by atoms with van der Waals surface area (Å²) in [6.45, 7) is 1.20. The molecule has 0 radical (unpaired) electrons. The zero-order chi connectivity index (χ0) is 11.0. The predicted molar refractivity (Wildman–Crippen MR) is 52.5 cm³/mol. The molecule has 0 aromatic carbocycles. The number of nitrogens with zero attached hydrogens (tertiary/aromatic N) is 1. The first-order chi connectivity index (χ1) is 6.52. The van der Waals surface area contributed by atoms with Crippen molar-refractivity contribution in [2.24, 2.45) is 5.73 Å². The fourth-order valence-electron chi connectivity index (χ4n) is 0.752. The molecule has 0 bridgehead atoms. The molecular formula is C9H16N2O3. The molecule has 0 fully saturated rings. The summed E-state index contributed by atoms with van der Waals surface area (Å²) in [5.74, 6) is -1.20. The van der Waals surface area contributed by atoms with E-state index in [1.807, 2.05) is 19.0 Å². The Morgan fingerprint density at radius 2 is 2.00 bits per heavy atom. The highest BCUT2D eigenvalue weighted by atomic mass is 16.5. The third-order valence-electron chi connectivity index (χ3n) is 1.38. The van der Waals surface area contributed by atoms with Gasteiger partial charge < -0.3 is 15.4 Å². The smallest absolute Gasteiger partial charge is 0.330 e. The quantitative estimate of drug-likeness (QED) is 0.357. The summed E-state index contributed by atoms with van der Waals surface area (Å²) in [5.41, 5.74) is 4.80. The Morgan fingerprint density at radius 1 is 1.36 bits per heavy atom. The first-order valence-corrected chi connectivity index (χ1v) is 4.31. The highest BCUT2D eigenvalue weighted by Gasteiger charge is 1.97. The lowest BCUT2D eigenvalue weighted by molar-refractivity contribution is -0.138. The molecule has 5 heteroatoms. The van der Waals surface area contributed by atoms with Crippen LogP contribution in [0.2, 0.25) is 0 Å². The fraction of sp³-hybridized carbons (Fsp3) is 0.556. The Bertz CT molecular complexity index is 224. The van der Waals surface area contributed by atoms with Crippen molar-refractivity contribution in [3.63, 3.8) is 0 Å². The van der Waals surface area contributed by atoms with Crippen LogP contribution in [0.3, 0.4) is 0 Å². The van der Waals surface area contributed by atoms with E-state index >= 15 is 0 Å². The molecule has 0 rings (SSSR count). The van der Waals surface area contributed by atoms with Crippen molar-refractivity contribution in [1.82, 2.24) is 4.90 Å². The van der Waals surface area contributed by atoms with Crippen molar-refractivity contribution in [2.45, 2.75) is 6.42 Å². The standard InChI is InChI=1S/C9H16N2O3/c1-11(2)6-3-7-14-9(13)5-4-8(10)12/h4-5H,3,6-7H2,1-2H3,(H2,10,12)/b5-4+. The molecule has 0 aliphatic heterocycles. The average Bonchev–Trinajstić information content (AvgIpc) is 2.08. The second-order valence-corrected chi connectivity index (χ2v) is 3.06. The summed E-state index contributed by atoms with van der Waals surface area (Å²) in [4.78, 5) is 23.1. The first kappa shape index (κ1) is 12.6. The molecule has 80 valence electrons. The number of amides is 1. The molecule has 0 aromatic rings. The van der Waals surface area contributed by atoms with Crippen LogP contribution in [-0.4, -0.2) is 44.0 Å². The van der Waals surface area contributed by atoms with Crippen molar-refractivity contribution < 1.29 is 14.3 Å². The molecule has 0 heterocycles. The van der Waals surface area contributed by atoms with E-state index in [9.17, 15) is 9.59 Å². The Morgan fingerprint density at radius 3 is 2.50 bits per heavy atom. The second-order valence-electron chi connectivity index (χ2n) is 3.06. The third kappa shape index (κ3) is 8.73. The van der Waals surface area contributed by atoms with E-state index in [1.165, 1.54) is 0 Å². The monoisotopic (exact) mass is 200 g/mol. The SMILES string of the molecule is CN(C)CCCOC(=O)/C=C/C(N)=O. The van der Waals surface area contributed by atoms with Crippen molar-refractivity contribution in [2.75, 3.05) is 27.2 Å². The van der Waals surface area contributed by atoms with Crippen molar-refractivity contribution in [3.8, 4) is 0 Å². The zero-order valence-corrected chi connectivity index (χ0v) is 8.53. The van der Waals surface area contributed by atoms with Crippen LogP contribution >= 0.6 is 0 Å². The summed E-state index contributed by atoms with van der Waals surface area (Å²) in [7, 11) is 3.88. The van der Waals surface area contributed by atoms with Crippen LogP contribution in [-0.2, 0) is 14.3 Å². The number of hydrogen-bond acceptors (Lipinski definition) is 4. The number of rotatable bonds is 6. The zero-order valence-electron chi connectivity index (χ0n) is 8.53. The molecule has 0 saturated heterocycles. The molecule has 0 aliphatic carbocycles. The molecule has 0 aromatic heterocycles. The summed E-state index contributed by atoms with van der Waals surface area (Å²) < 4.78 is 4.78. The minimum atomic E-state index is -0.657. The average molecular weight is 200 g/mol. The van der Waals surface area contributed by atoms with Crippen molar-refractivity contribution in [1.29, 1.82) is 0 Å². The number of esters is 1. The molecule has 0 atom stereocenters. The number of carbonyl (C=O) groups is 2. The minimum Gasteiger partial charge on any atom is -0.462 e. The van der Waals surface area contributed by atoms with Gasteiger partial charge in [0.1, 0.15) is 0 Å². The first-order valence-electron chi connectivity index (χ1n) is 4.31. The predicted octanol–water partition coefficient (Wildman–Crippen LogP) is -0.477. The van der Waals surface area contributed by atoms with E-state index in [2.05, 4.69) is 0 Å². The van der Waals surface area contributed by atoms with Gasteiger partial charge in [-0.15, -0.1) is 0 Å². The van der Waals surface area contributed by atoms with Crippen LogP contribution in [0.25, 0.3) is 0 Å². The minimum absolute atomic E-state index is 0.347. The van der Waals surface area contributed by atoms with E-state index in [-0.39, 0.29) is 0 Å². The van der Waals surface area contributed by atoms with Gasteiger partial charge in [0.15, 0.2) is 0 Å². The number of carbonyl (C=O) groups excluding carboxylic acids is 2. The van der Waals surface area contributed by atoms with Gasteiger partial charge >= 0.3 is 5.97 Å². The molecule has 14 heavy (non-hydrogen) atoms. The van der Waals surface area contributed by atoms with E-state index in [4.69, 9.17) is 10.5 Å². The molecular weight excluding hydrogens is 184 g/mol. The van der Waals surface area contributed by atoms with Gasteiger partial charge in [0.25, 0.3) is 0 Å². The van der Waals surface area contributed by atoms with E-state index < -0.39 is 11.9 Å². The van der Waals surface area contributed by atoms with Crippen LogP contribution in [0, 0.1) is 0 Å². The Hall–Kier alpha value is -1.36. The van der Waals surface area contributed by atoms with Crippen LogP contribution in [0.15, 0.2) is 12.2 Å². The molecule has 2 N–H and O–H groups in total. The highest BCUT2D eigenvalue weighted by Crippen LogP contribution is 1.87. The Labute approximate surface area is 83.5 Å². The third-order valence-corrected chi connectivity index (χ3v) is 1.38. The largest absolute Gasteiger partial charge is 0.462 e. The van der Waals surface area contributed by atoms with Crippen LogP contribution in [0.1, 0.15) is 6.42 Å². The van der Waals surface area contributed by atoms with Gasteiger partial charge in [0.05, 0.1) is 6.61 Å². The van der Waals surface area contributed by atoms with Gasteiger partial charge in [-0.25, -0.2) is 4.79 Å². The molecule has 1 amide bonds. The normalized spacial score (nSPS) is 10.8. The number of primary amides is 1. The van der Waals surface area contributed by atoms with Crippen molar-refractivity contribution >= 4 is 11.9 Å². The van der Waals surface area contributed by atoms with Crippen LogP contribution < -0.4 is 5.73 Å². The summed E-state index contributed by atoms with van der Waals surface area (Å²) in [6.07, 6.45) is 2.77. The van der Waals surface area contributed by atoms with Gasteiger partial charge in [-0.1, -0.05) is 0 Å². The molecule has 0 aliphatic rings. The van der Waals surface area contributed by atoms with Gasteiger partial charge in [0, 0.05) is 18.7 Å². The number of nitrogens with two attached hydrogens (primary N) is 1. The molecule has 0 saturated carbocycles. The van der Waals surface area contributed by atoms with E-state index in [0.717, 1.165) is 25.1 Å². The van der Waals surface area contributed by atoms with E-state index in [0.29, 0.717) is 6.61 Å². The second kappa shape index (κ2) is 7.08. The van der Waals surface area contributed by atoms with Crippen LogP contribution in [0.5, 0.6) is 0 Å². The number of hydrogen-bond donors (Lipinski definition) is 1. The topological polar surface area (TPSA) is 72.6 Å². The maximum Gasteiger partial charge on any atom is 0.330 e. The lowest BCUT2D eigenvalue weighted by Gasteiger charge is -2.08. The maximum atomic E-state index is 10.9.